The lowest BCUT2D eigenvalue weighted by atomic mass is 10.0. The fourth-order valence-electron chi connectivity index (χ4n) is 3.79. The van der Waals surface area contributed by atoms with E-state index in [4.69, 9.17) is 0 Å². The minimum absolute atomic E-state index is 0.356. The lowest BCUT2D eigenvalue weighted by molar-refractivity contribution is -0.133. The van der Waals surface area contributed by atoms with Crippen LogP contribution >= 0.6 is 0 Å². The van der Waals surface area contributed by atoms with E-state index in [1.54, 1.807) is 0 Å². The maximum atomic E-state index is 12.3. The van der Waals surface area contributed by atoms with Gasteiger partial charge in [-0.15, -0.1) is 0 Å². The molecule has 1 N–H and O–H groups in total. The standard InChI is InChI=1S/C14H25N3O/c1-11-3-2-4-17(7-11)14(18)10-16-8-12-5-15-6-13(12)9-16/h11-13,15H,2-10H2,1H3/t11?,12-,13+. The second-order valence-electron chi connectivity index (χ2n) is 6.46. The minimum atomic E-state index is 0.356. The number of rotatable bonds is 2. The van der Waals surface area contributed by atoms with Crippen LogP contribution in [-0.2, 0) is 4.79 Å². The largest absolute Gasteiger partial charge is 0.341 e. The number of fused-ring (bicyclic) bond motifs is 1. The summed E-state index contributed by atoms with van der Waals surface area (Å²) in [6.07, 6.45) is 2.46. The molecule has 1 unspecified atom stereocenters. The summed E-state index contributed by atoms with van der Waals surface area (Å²) in [5.74, 6) is 2.62. The molecule has 0 spiro atoms. The van der Waals surface area contributed by atoms with Crippen molar-refractivity contribution in [3.8, 4) is 0 Å². The van der Waals surface area contributed by atoms with Crippen LogP contribution < -0.4 is 5.32 Å². The van der Waals surface area contributed by atoms with Crippen molar-refractivity contribution in [2.24, 2.45) is 17.8 Å². The Labute approximate surface area is 110 Å². The topological polar surface area (TPSA) is 35.6 Å². The van der Waals surface area contributed by atoms with Crippen LogP contribution in [0.25, 0.3) is 0 Å². The Kier molecular flexibility index (Phi) is 3.57. The average molecular weight is 251 g/mol. The first kappa shape index (κ1) is 12.4. The summed E-state index contributed by atoms with van der Waals surface area (Å²) in [7, 11) is 0. The molecule has 3 fully saturated rings. The fourth-order valence-corrected chi connectivity index (χ4v) is 3.79. The number of carbonyl (C=O) groups excluding carboxylic acids is 1. The van der Waals surface area contributed by atoms with Crippen LogP contribution in [0.5, 0.6) is 0 Å². The van der Waals surface area contributed by atoms with Gasteiger partial charge in [-0.2, -0.15) is 0 Å². The van der Waals surface area contributed by atoms with Crippen molar-refractivity contribution in [1.29, 1.82) is 0 Å². The molecule has 0 aromatic carbocycles. The zero-order valence-corrected chi connectivity index (χ0v) is 11.4. The Morgan fingerprint density at radius 2 is 1.94 bits per heavy atom. The maximum absolute atomic E-state index is 12.3. The van der Waals surface area contributed by atoms with E-state index in [9.17, 15) is 4.79 Å². The third-order valence-electron chi connectivity index (χ3n) is 4.83. The predicted octanol–water partition coefficient (Wildman–Crippen LogP) is 0.396. The van der Waals surface area contributed by atoms with E-state index in [0.717, 1.165) is 51.1 Å². The van der Waals surface area contributed by atoms with Gasteiger partial charge >= 0.3 is 0 Å². The van der Waals surface area contributed by atoms with E-state index in [-0.39, 0.29) is 0 Å². The zero-order valence-electron chi connectivity index (χ0n) is 11.4. The van der Waals surface area contributed by atoms with Gasteiger partial charge in [0.15, 0.2) is 0 Å². The van der Waals surface area contributed by atoms with Gasteiger partial charge in [0.1, 0.15) is 0 Å². The lowest BCUT2D eigenvalue weighted by Crippen LogP contribution is -2.44. The molecule has 3 rings (SSSR count). The van der Waals surface area contributed by atoms with Crippen molar-refractivity contribution in [3.05, 3.63) is 0 Å². The molecule has 0 saturated carbocycles. The maximum Gasteiger partial charge on any atom is 0.236 e. The normalized spacial score (nSPS) is 36.9. The van der Waals surface area contributed by atoms with Crippen molar-refractivity contribution in [1.82, 2.24) is 15.1 Å². The Morgan fingerprint density at radius 1 is 1.22 bits per heavy atom. The highest BCUT2D eigenvalue weighted by Crippen LogP contribution is 2.26. The number of amides is 1. The van der Waals surface area contributed by atoms with Crippen molar-refractivity contribution in [2.45, 2.75) is 19.8 Å². The van der Waals surface area contributed by atoms with E-state index in [2.05, 4.69) is 22.0 Å². The van der Waals surface area contributed by atoms with Crippen LogP contribution in [0.1, 0.15) is 19.8 Å². The van der Waals surface area contributed by atoms with Crippen LogP contribution in [0.4, 0.5) is 0 Å². The summed E-state index contributed by atoms with van der Waals surface area (Å²) in [6, 6.07) is 0. The molecule has 18 heavy (non-hydrogen) atoms. The molecule has 3 atom stereocenters. The van der Waals surface area contributed by atoms with Gasteiger partial charge < -0.3 is 10.2 Å². The molecule has 1 amide bonds. The molecule has 3 aliphatic rings. The summed E-state index contributed by atoms with van der Waals surface area (Å²) in [5, 5.41) is 3.45. The number of carbonyl (C=O) groups is 1. The molecule has 0 aliphatic carbocycles. The number of hydrogen-bond donors (Lipinski definition) is 1. The Hall–Kier alpha value is -0.610. The molecule has 0 aromatic heterocycles. The van der Waals surface area contributed by atoms with E-state index in [0.29, 0.717) is 18.4 Å². The molecule has 0 radical (unpaired) electrons. The van der Waals surface area contributed by atoms with Gasteiger partial charge in [0.2, 0.25) is 5.91 Å². The molecule has 3 aliphatic heterocycles. The van der Waals surface area contributed by atoms with Crippen molar-refractivity contribution in [3.63, 3.8) is 0 Å². The zero-order chi connectivity index (χ0) is 12.5. The van der Waals surface area contributed by atoms with Crippen LogP contribution in [-0.4, -0.2) is 61.5 Å². The van der Waals surface area contributed by atoms with Crippen molar-refractivity contribution >= 4 is 5.91 Å². The summed E-state index contributed by atoms with van der Waals surface area (Å²) < 4.78 is 0. The van der Waals surface area contributed by atoms with E-state index >= 15 is 0 Å². The fraction of sp³-hybridized carbons (Fsp3) is 0.929. The highest BCUT2D eigenvalue weighted by molar-refractivity contribution is 5.78. The summed E-state index contributed by atoms with van der Waals surface area (Å²) in [4.78, 5) is 16.7. The smallest absolute Gasteiger partial charge is 0.236 e. The summed E-state index contributed by atoms with van der Waals surface area (Å²) >= 11 is 0. The first-order valence-corrected chi connectivity index (χ1v) is 7.43. The Bertz CT molecular complexity index is 308. The number of hydrogen-bond acceptors (Lipinski definition) is 3. The van der Waals surface area contributed by atoms with Gasteiger partial charge in [-0.3, -0.25) is 9.69 Å². The third-order valence-corrected chi connectivity index (χ3v) is 4.83. The third kappa shape index (κ3) is 2.54. The van der Waals surface area contributed by atoms with Gasteiger partial charge in [0.25, 0.3) is 0 Å². The van der Waals surface area contributed by atoms with Crippen LogP contribution in [0.15, 0.2) is 0 Å². The molecule has 102 valence electrons. The monoisotopic (exact) mass is 251 g/mol. The van der Waals surface area contributed by atoms with E-state index in [1.807, 2.05) is 0 Å². The van der Waals surface area contributed by atoms with E-state index < -0.39 is 0 Å². The van der Waals surface area contributed by atoms with Crippen molar-refractivity contribution < 1.29 is 4.79 Å². The minimum Gasteiger partial charge on any atom is -0.341 e. The molecule has 4 nitrogen and oxygen atoms in total. The number of likely N-dealkylation sites (tertiary alicyclic amines) is 2. The van der Waals surface area contributed by atoms with Gasteiger partial charge in [-0.05, 0) is 43.7 Å². The SMILES string of the molecule is CC1CCCN(C(=O)CN2C[C@H]3CNC[C@H]3C2)C1. The second-order valence-corrected chi connectivity index (χ2v) is 6.46. The van der Waals surface area contributed by atoms with Crippen LogP contribution in [0.3, 0.4) is 0 Å². The molecular formula is C14H25N3O. The van der Waals surface area contributed by atoms with Gasteiger partial charge in [-0.25, -0.2) is 0 Å². The number of nitrogens with zero attached hydrogens (tertiary/aromatic N) is 2. The lowest BCUT2D eigenvalue weighted by Gasteiger charge is -2.32. The number of nitrogens with one attached hydrogen (secondary N) is 1. The quantitative estimate of drug-likeness (QED) is 0.771. The second kappa shape index (κ2) is 5.17. The van der Waals surface area contributed by atoms with Crippen molar-refractivity contribution in [2.75, 3.05) is 45.8 Å². The Balaban J connectivity index is 1.49. The first-order valence-electron chi connectivity index (χ1n) is 7.43. The number of piperidine rings is 1. The summed E-state index contributed by atoms with van der Waals surface area (Å²) in [5.41, 5.74) is 0. The molecule has 0 bridgehead atoms. The molecule has 0 aromatic rings. The molecule has 3 heterocycles. The highest BCUT2D eigenvalue weighted by atomic mass is 16.2. The highest BCUT2D eigenvalue weighted by Gasteiger charge is 2.37. The molecule has 4 heteroatoms. The van der Waals surface area contributed by atoms with Crippen LogP contribution in [0, 0.1) is 17.8 Å². The van der Waals surface area contributed by atoms with E-state index in [1.165, 1.54) is 12.8 Å². The summed E-state index contributed by atoms with van der Waals surface area (Å²) in [6.45, 7) is 9.39. The molecule has 3 saturated heterocycles. The van der Waals surface area contributed by atoms with Gasteiger partial charge in [0.05, 0.1) is 6.54 Å². The van der Waals surface area contributed by atoms with Gasteiger partial charge in [-0.1, -0.05) is 6.92 Å². The van der Waals surface area contributed by atoms with Crippen LogP contribution in [0.2, 0.25) is 0 Å². The van der Waals surface area contributed by atoms with Gasteiger partial charge in [0, 0.05) is 26.2 Å². The molecular weight excluding hydrogens is 226 g/mol. The average Bonchev–Trinajstić information content (AvgIpc) is 2.89. The first-order chi connectivity index (χ1) is 8.72. The Morgan fingerprint density at radius 3 is 2.61 bits per heavy atom. The predicted molar refractivity (Wildman–Crippen MR) is 71.3 cm³/mol.